The minimum absolute atomic E-state index is 0.0197. The first-order chi connectivity index (χ1) is 6.97. The highest BCUT2D eigenvalue weighted by Crippen LogP contribution is 2.30. The van der Waals surface area contributed by atoms with Gasteiger partial charge in [-0.25, -0.2) is 9.97 Å². The molecule has 0 fully saturated rings. The van der Waals surface area contributed by atoms with E-state index in [1.54, 1.807) is 0 Å². The van der Waals surface area contributed by atoms with E-state index >= 15 is 0 Å². The largest absolute Gasteiger partial charge is 0.416 e. The molecule has 0 N–H and O–H groups in total. The quantitative estimate of drug-likeness (QED) is 0.633. The Labute approximate surface area is 81.6 Å². The minimum atomic E-state index is -4.43. The third-order valence-electron chi connectivity index (χ3n) is 1.84. The third-order valence-corrected chi connectivity index (χ3v) is 1.84. The van der Waals surface area contributed by atoms with Crippen molar-refractivity contribution in [3.8, 4) is 0 Å². The number of benzene rings is 1. The number of hydrogen-bond acceptors (Lipinski definition) is 2. The van der Waals surface area contributed by atoms with Crippen LogP contribution in [0.3, 0.4) is 0 Å². The molecule has 0 aliphatic rings. The van der Waals surface area contributed by atoms with E-state index in [1.165, 1.54) is 0 Å². The summed E-state index contributed by atoms with van der Waals surface area (Å²) in [7, 11) is 0. The van der Waals surface area contributed by atoms with Crippen LogP contribution in [0.5, 0.6) is 0 Å². The zero-order valence-electron chi connectivity index (χ0n) is 7.22. The van der Waals surface area contributed by atoms with Crippen LogP contribution >= 0.6 is 0 Å². The lowest BCUT2D eigenvalue weighted by molar-refractivity contribution is -0.137. The van der Waals surface area contributed by atoms with Crippen molar-refractivity contribution in [1.29, 1.82) is 0 Å². The summed E-state index contributed by atoms with van der Waals surface area (Å²) in [6, 6.07) is 2.77. The van der Waals surface area contributed by atoms with E-state index in [-0.39, 0.29) is 11.0 Å². The van der Waals surface area contributed by atoms with Gasteiger partial charge in [-0.1, -0.05) is 0 Å². The smallest absolute Gasteiger partial charge is 0.250 e. The Morgan fingerprint density at radius 1 is 1.07 bits per heavy atom. The first kappa shape index (κ1) is 9.82. The highest BCUT2D eigenvalue weighted by Gasteiger charge is 2.30. The average Bonchev–Trinajstić information content (AvgIpc) is 2.15. The van der Waals surface area contributed by atoms with Crippen LogP contribution in [0, 0.1) is 5.95 Å². The fourth-order valence-corrected chi connectivity index (χ4v) is 1.16. The van der Waals surface area contributed by atoms with Crippen molar-refractivity contribution < 1.29 is 17.6 Å². The molecule has 0 atom stereocenters. The molecule has 0 radical (unpaired) electrons. The second-order valence-electron chi connectivity index (χ2n) is 2.89. The Morgan fingerprint density at radius 3 is 2.47 bits per heavy atom. The van der Waals surface area contributed by atoms with Crippen molar-refractivity contribution in [3.05, 3.63) is 35.9 Å². The highest BCUT2D eigenvalue weighted by molar-refractivity contribution is 5.74. The maximum atomic E-state index is 12.6. The van der Waals surface area contributed by atoms with Crippen LogP contribution in [0.15, 0.2) is 24.4 Å². The molecule has 0 unspecified atom stereocenters. The first-order valence-corrected chi connectivity index (χ1v) is 3.96. The van der Waals surface area contributed by atoms with Crippen molar-refractivity contribution in [2.45, 2.75) is 6.18 Å². The fourth-order valence-electron chi connectivity index (χ4n) is 1.16. The number of aromatic nitrogens is 2. The van der Waals surface area contributed by atoms with Gasteiger partial charge in [-0.05, 0) is 18.2 Å². The van der Waals surface area contributed by atoms with Crippen LogP contribution in [0.1, 0.15) is 5.56 Å². The van der Waals surface area contributed by atoms with E-state index in [0.29, 0.717) is 0 Å². The molecule has 15 heavy (non-hydrogen) atoms. The normalized spacial score (nSPS) is 12.0. The lowest BCUT2D eigenvalue weighted by Crippen LogP contribution is -2.04. The molecule has 0 saturated carbocycles. The summed E-state index contributed by atoms with van der Waals surface area (Å²) in [5, 5.41) is 0. The van der Waals surface area contributed by atoms with Gasteiger partial charge >= 0.3 is 6.18 Å². The summed E-state index contributed by atoms with van der Waals surface area (Å²) in [5.74, 6) is -0.817. The number of rotatable bonds is 0. The summed E-state index contributed by atoms with van der Waals surface area (Å²) >= 11 is 0. The van der Waals surface area contributed by atoms with E-state index in [9.17, 15) is 17.6 Å². The van der Waals surface area contributed by atoms with Crippen molar-refractivity contribution in [1.82, 2.24) is 9.97 Å². The van der Waals surface area contributed by atoms with E-state index in [4.69, 9.17) is 0 Å². The molecule has 0 spiro atoms. The van der Waals surface area contributed by atoms with E-state index in [0.717, 1.165) is 24.4 Å². The van der Waals surface area contributed by atoms with Gasteiger partial charge in [0, 0.05) is 0 Å². The van der Waals surface area contributed by atoms with Crippen LogP contribution in [0.2, 0.25) is 0 Å². The topological polar surface area (TPSA) is 25.8 Å². The molecule has 0 saturated heterocycles. The van der Waals surface area contributed by atoms with Gasteiger partial charge in [-0.2, -0.15) is 17.6 Å². The van der Waals surface area contributed by atoms with Gasteiger partial charge in [0.25, 0.3) is 0 Å². The SMILES string of the molecule is Fc1cnc2cc(C(F)(F)F)ccc2n1. The van der Waals surface area contributed by atoms with Gasteiger partial charge < -0.3 is 0 Å². The van der Waals surface area contributed by atoms with E-state index < -0.39 is 17.7 Å². The Balaban J connectivity index is 2.62. The standard InChI is InChI=1S/C9H4F4N2/c10-8-4-14-7-3-5(9(11,12)13)1-2-6(7)15-8/h1-4H. The molecule has 78 valence electrons. The second kappa shape index (κ2) is 3.15. The lowest BCUT2D eigenvalue weighted by Gasteiger charge is -2.06. The van der Waals surface area contributed by atoms with Crippen LogP contribution in [0.25, 0.3) is 11.0 Å². The number of fused-ring (bicyclic) bond motifs is 1. The molecule has 2 rings (SSSR count). The number of alkyl halides is 3. The molecule has 1 heterocycles. The predicted octanol–water partition coefficient (Wildman–Crippen LogP) is 2.79. The summed E-state index contributed by atoms with van der Waals surface area (Å²) in [6.07, 6.45) is -3.65. The third kappa shape index (κ3) is 1.88. The Hall–Kier alpha value is -1.72. The molecule has 0 aliphatic heterocycles. The van der Waals surface area contributed by atoms with Gasteiger partial charge in [0.05, 0.1) is 22.8 Å². The van der Waals surface area contributed by atoms with Gasteiger partial charge in [-0.15, -0.1) is 0 Å². The molecule has 2 aromatic rings. The Kier molecular flexibility index (Phi) is 2.06. The Morgan fingerprint density at radius 2 is 1.80 bits per heavy atom. The number of nitrogens with zero attached hydrogens (tertiary/aromatic N) is 2. The average molecular weight is 216 g/mol. The van der Waals surface area contributed by atoms with Gasteiger partial charge in [0.2, 0.25) is 5.95 Å². The summed E-state index contributed by atoms with van der Waals surface area (Å²) in [6.45, 7) is 0. The minimum Gasteiger partial charge on any atom is -0.250 e. The monoisotopic (exact) mass is 216 g/mol. The summed E-state index contributed by atoms with van der Waals surface area (Å²) in [4.78, 5) is 6.92. The molecule has 0 amide bonds. The van der Waals surface area contributed by atoms with Gasteiger partial charge in [-0.3, -0.25) is 0 Å². The van der Waals surface area contributed by atoms with Crippen molar-refractivity contribution in [2.75, 3.05) is 0 Å². The Bertz CT molecular complexity index is 507. The van der Waals surface area contributed by atoms with Crippen LogP contribution in [0.4, 0.5) is 17.6 Å². The van der Waals surface area contributed by atoms with E-state index in [1.807, 2.05) is 0 Å². The highest BCUT2D eigenvalue weighted by atomic mass is 19.4. The fraction of sp³-hybridized carbons (Fsp3) is 0.111. The van der Waals surface area contributed by atoms with Gasteiger partial charge in [0.15, 0.2) is 0 Å². The molecule has 0 aliphatic carbocycles. The van der Waals surface area contributed by atoms with Gasteiger partial charge in [0.1, 0.15) is 0 Å². The molecule has 2 nitrogen and oxygen atoms in total. The maximum absolute atomic E-state index is 12.6. The summed E-state index contributed by atoms with van der Waals surface area (Å²) < 4.78 is 49.4. The molecular weight excluding hydrogens is 212 g/mol. The van der Waals surface area contributed by atoms with E-state index in [2.05, 4.69) is 9.97 Å². The van der Waals surface area contributed by atoms with Crippen molar-refractivity contribution in [3.63, 3.8) is 0 Å². The molecule has 0 bridgehead atoms. The number of halogens is 4. The van der Waals surface area contributed by atoms with Crippen molar-refractivity contribution in [2.24, 2.45) is 0 Å². The first-order valence-electron chi connectivity index (χ1n) is 3.96. The predicted molar refractivity (Wildman–Crippen MR) is 44.5 cm³/mol. The zero-order chi connectivity index (χ0) is 11.1. The lowest BCUT2D eigenvalue weighted by atomic mass is 10.2. The van der Waals surface area contributed by atoms with Crippen LogP contribution in [-0.2, 0) is 6.18 Å². The zero-order valence-corrected chi connectivity index (χ0v) is 7.22. The molecular formula is C9H4F4N2. The molecule has 1 aromatic heterocycles. The van der Waals surface area contributed by atoms with Crippen LogP contribution < -0.4 is 0 Å². The summed E-state index contributed by atoms with van der Waals surface area (Å²) in [5.41, 5.74) is -0.704. The second-order valence-corrected chi connectivity index (χ2v) is 2.89. The molecule has 1 aromatic carbocycles. The molecule has 6 heteroatoms. The number of hydrogen-bond donors (Lipinski definition) is 0. The maximum Gasteiger partial charge on any atom is 0.416 e. The van der Waals surface area contributed by atoms with Crippen LogP contribution in [-0.4, -0.2) is 9.97 Å². The van der Waals surface area contributed by atoms with Crippen molar-refractivity contribution >= 4 is 11.0 Å².